The predicted molar refractivity (Wildman–Crippen MR) is 112 cm³/mol. The van der Waals surface area contributed by atoms with Crippen molar-refractivity contribution in [2.24, 2.45) is 0 Å². The standard InChI is InChI=1S/C18H14ClF4N9O3/c1-8(34-16(20)21)14-11(7-24-12-5-13(30-31(12)14)35-17(22)23)29-18(33)28-9-4-10(19)15(25-6-9)32-26-2-3-27-32/h2-8,16-17H,1H3,(H2,28,29,33). The number of halogens is 5. The van der Waals surface area contributed by atoms with Crippen LogP contribution in [0.3, 0.4) is 0 Å². The Bertz CT molecular complexity index is 1340. The van der Waals surface area contributed by atoms with Crippen LogP contribution in [0.25, 0.3) is 11.5 Å². The topological polar surface area (TPSA) is 133 Å². The Morgan fingerprint density at radius 1 is 1.06 bits per heavy atom. The zero-order valence-electron chi connectivity index (χ0n) is 17.4. The number of carbonyl (C=O) groups is 1. The van der Waals surface area contributed by atoms with E-state index in [-0.39, 0.29) is 33.6 Å². The number of alkyl halides is 4. The summed E-state index contributed by atoms with van der Waals surface area (Å²) in [6.07, 6.45) is 3.94. The third kappa shape index (κ3) is 5.55. The number of anilines is 2. The van der Waals surface area contributed by atoms with Crippen LogP contribution in [0.2, 0.25) is 5.02 Å². The number of ether oxygens (including phenoxy) is 2. The summed E-state index contributed by atoms with van der Waals surface area (Å²) in [5.41, 5.74) is -0.0233. The second kappa shape index (κ2) is 10.1. The minimum absolute atomic E-state index is 0.00914. The predicted octanol–water partition coefficient (Wildman–Crippen LogP) is 3.90. The third-order valence-corrected chi connectivity index (χ3v) is 4.61. The molecule has 1 atom stereocenters. The largest absolute Gasteiger partial charge is 0.415 e. The Kier molecular flexibility index (Phi) is 6.92. The molecule has 0 saturated carbocycles. The molecule has 17 heteroatoms. The summed E-state index contributed by atoms with van der Waals surface area (Å²) < 4.78 is 60.6. The van der Waals surface area contributed by atoms with Gasteiger partial charge in [-0.25, -0.2) is 19.3 Å². The summed E-state index contributed by atoms with van der Waals surface area (Å²) in [6.45, 7) is -5.08. The molecule has 0 aliphatic carbocycles. The maximum atomic E-state index is 12.9. The fraction of sp³-hybridized carbons (Fsp3) is 0.222. The summed E-state index contributed by atoms with van der Waals surface area (Å²) in [7, 11) is 0. The van der Waals surface area contributed by atoms with E-state index in [1.165, 1.54) is 36.4 Å². The van der Waals surface area contributed by atoms with Gasteiger partial charge in [0, 0.05) is 6.07 Å². The van der Waals surface area contributed by atoms with E-state index in [0.717, 1.165) is 16.8 Å². The number of hydrogen-bond donors (Lipinski definition) is 2. The van der Waals surface area contributed by atoms with Crippen molar-refractivity contribution in [3.63, 3.8) is 0 Å². The highest BCUT2D eigenvalue weighted by molar-refractivity contribution is 6.32. The summed E-state index contributed by atoms with van der Waals surface area (Å²) in [5, 5.41) is 16.6. The van der Waals surface area contributed by atoms with Crippen LogP contribution in [0.15, 0.2) is 36.9 Å². The molecule has 0 fully saturated rings. The molecule has 0 bridgehead atoms. The second-order valence-corrected chi connectivity index (χ2v) is 7.06. The highest BCUT2D eigenvalue weighted by Gasteiger charge is 2.23. The molecule has 1 unspecified atom stereocenters. The molecule has 4 rings (SSSR count). The number of fused-ring (bicyclic) bond motifs is 1. The quantitative estimate of drug-likeness (QED) is 0.337. The Labute approximate surface area is 197 Å². The Morgan fingerprint density at radius 2 is 1.80 bits per heavy atom. The van der Waals surface area contributed by atoms with E-state index in [9.17, 15) is 22.4 Å². The van der Waals surface area contributed by atoms with Crippen LogP contribution in [0.5, 0.6) is 5.88 Å². The molecule has 0 spiro atoms. The van der Waals surface area contributed by atoms with Gasteiger partial charge in [-0.2, -0.15) is 27.8 Å². The van der Waals surface area contributed by atoms with Crippen LogP contribution < -0.4 is 15.4 Å². The van der Waals surface area contributed by atoms with Gasteiger partial charge in [0.15, 0.2) is 11.5 Å². The molecule has 0 saturated heterocycles. The van der Waals surface area contributed by atoms with Gasteiger partial charge in [0.25, 0.3) is 0 Å². The van der Waals surface area contributed by atoms with Crippen molar-refractivity contribution < 1.29 is 31.8 Å². The molecule has 4 aromatic heterocycles. The third-order valence-electron chi connectivity index (χ3n) is 4.34. The van der Waals surface area contributed by atoms with Crippen LogP contribution in [-0.4, -0.2) is 53.8 Å². The fourth-order valence-corrected chi connectivity index (χ4v) is 3.28. The number of nitrogens with zero attached hydrogens (tertiary/aromatic N) is 7. The van der Waals surface area contributed by atoms with Gasteiger partial charge in [-0.3, -0.25) is 0 Å². The lowest BCUT2D eigenvalue weighted by Gasteiger charge is -2.18. The van der Waals surface area contributed by atoms with Crippen LogP contribution in [-0.2, 0) is 4.74 Å². The average molecular weight is 516 g/mol. The normalized spacial score (nSPS) is 12.3. The molecule has 0 aliphatic heterocycles. The van der Waals surface area contributed by atoms with Gasteiger partial charge in [0.1, 0.15) is 6.10 Å². The van der Waals surface area contributed by atoms with Crippen LogP contribution in [0.1, 0.15) is 18.7 Å². The molecule has 35 heavy (non-hydrogen) atoms. The van der Waals surface area contributed by atoms with Crippen LogP contribution in [0, 0.1) is 0 Å². The molecular weight excluding hydrogens is 502 g/mol. The van der Waals surface area contributed by atoms with Crippen LogP contribution >= 0.6 is 11.6 Å². The average Bonchev–Trinajstić information content (AvgIpc) is 3.42. The molecule has 12 nitrogen and oxygen atoms in total. The molecular formula is C18H14ClF4N9O3. The summed E-state index contributed by atoms with van der Waals surface area (Å²) in [4.78, 5) is 21.8. The van der Waals surface area contributed by atoms with E-state index in [0.29, 0.717) is 0 Å². The van der Waals surface area contributed by atoms with E-state index in [2.05, 4.69) is 45.4 Å². The Morgan fingerprint density at radius 3 is 2.46 bits per heavy atom. The van der Waals surface area contributed by atoms with Crippen molar-refractivity contribution in [2.75, 3.05) is 10.6 Å². The van der Waals surface area contributed by atoms with Crippen molar-refractivity contribution in [3.05, 3.63) is 47.6 Å². The first kappa shape index (κ1) is 24.1. The molecule has 4 heterocycles. The lowest BCUT2D eigenvalue weighted by atomic mass is 10.2. The number of rotatable bonds is 8. The van der Waals surface area contributed by atoms with Gasteiger partial charge >= 0.3 is 19.3 Å². The first-order chi connectivity index (χ1) is 16.7. The minimum atomic E-state index is -3.17. The SMILES string of the molecule is CC(OC(F)F)c1c(NC(=O)Nc2cnc(-n3nccn3)c(Cl)c2)cnc2cc(OC(F)F)nn12. The van der Waals surface area contributed by atoms with E-state index >= 15 is 0 Å². The summed E-state index contributed by atoms with van der Waals surface area (Å²) >= 11 is 6.17. The van der Waals surface area contributed by atoms with Gasteiger partial charge in [-0.05, 0) is 13.0 Å². The zero-order valence-corrected chi connectivity index (χ0v) is 18.2. The van der Waals surface area contributed by atoms with Gasteiger partial charge in [0.05, 0.1) is 46.9 Å². The lowest BCUT2D eigenvalue weighted by Crippen LogP contribution is -2.23. The highest BCUT2D eigenvalue weighted by atomic mass is 35.5. The van der Waals surface area contributed by atoms with Crippen LogP contribution in [0.4, 0.5) is 33.7 Å². The Hall–Kier alpha value is -4.05. The van der Waals surface area contributed by atoms with Crippen molar-refractivity contribution >= 4 is 34.7 Å². The first-order valence-electron chi connectivity index (χ1n) is 9.58. The smallest absolute Gasteiger partial charge is 0.388 e. The van der Waals surface area contributed by atoms with Gasteiger partial charge in [0.2, 0.25) is 5.88 Å². The van der Waals surface area contributed by atoms with Gasteiger partial charge < -0.3 is 20.1 Å². The summed E-state index contributed by atoms with van der Waals surface area (Å²) in [5.74, 6) is -0.287. The van der Waals surface area contributed by atoms with Crippen molar-refractivity contribution in [3.8, 4) is 11.7 Å². The monoisotopic (exact) mass is 515 g/mol. The number of amides is 2. The fourth-order valence-electron chi connectivity index (χ4n) is 3.04. The van der Waals surface area contributed by atoms with E-state index < -0.39 is 31.2 Å². The lowest BCUT2D eigenvalue weighted by molar-refractivity contribution is -0.160. The van der Waals surface area contributed by atoms with E-state index in [1.807, 2.05) is 0 Å². The minimum Gasteiger partial charge on any atom is -0.415 e. The van der Waals surface area contributed by atoms with E-state index in [1.54, 1.807) is 0 Å². The first-order valence-corrected chi connectivity index (χ1v) is 9.96. The van der Waals surface area contributed by atoms with Crippen molar-refractivity contribution in [1.29, 1.82) is 0 Å². The molecule has 4 aromatic rings. The molecule has 0 radical (unpaired) electrons. The number of nitrogens with one attached hydrogen (secondary N) is 2. The van der Waals surface area contributed by atoms with Crippen molar-refractivity contribution in [1.82, 2.24) is 34.6 Å². The number of carbonyl (C=O) groups excluding carboxylic acids is 1. The molecule has 0 aromatic carbocycles. The van der Waals surface area contributed by atoms with Gasteiger partial charge in [-0.15, -0.1) is 9.90 Å². The zero-order chi connectivity index (χ0) is 25.1. The van der Waals surface area contributed by atoms with Gasteiger partial charge in [-0.1, -0.05) is 11.6 Å². The summed E-state index contributed by atoms with van der Waals surface area (Å²) in [6, 6.07) is 1.63. The number of aromatic nitrogens is 7. The molecule has 184 valence electrons. The van der Waals surface area contributed by atoms with Crippen molar-refractivity contribution in [2.45, 2.75) is 26.3 Å². The molecule has 2 N–H and O–H groups in total. The van der Waals surface area contributed by atoms with E-state index in [4.69, 9.17) is 11.6 Å². The molecule has 0 aliphatic rings. The Balaban J connectivity index is 1.59. The maximum Gasteiger partial charge on any atom is 0.388 e. The second-order valence-electron chi connectivity index (χ2n) is 6.65. The molecule has 2 amide bonds. The number of urea groups is 1. The number of pyridine rings is 1. The maximum absolute atomic E-state index is 12.9. The highest BCUT2D eigenvalue weighted by Crippen LogP contribution is 2.29. The number of hydrogen-bond acceptors (Lipinski definition) is 8.